The van der Waals surface area contributed by atoms with E-state index >= 15 is 0 Å². The third-order valence-corrected chi connectivity index (χ3v) is 7.57. The molecular formula is C27H32F2N6O4. The molecular weight excluding hydrogens is 510 g/mol. The van der Waals surface area contributed by atoms with Crippen molar-refractivity contribution in [2.45, 2.75) is 70.5 Å². The van der Waals surface area contributed by atoms with Gasteiger partial charge in [0.2, 0.25) is 11.8 Å². The van der Waals surface area contributed by atoms with Crippen LogP contribution in [-0.2, 0) is 17.8 Å². The third kappa shape index (κ3) is 6.32. The van der Waals surface area contributed by atoms with Crippen molar-refractivity contribution in [3.05, 3.63) is 53.3 Å². The highest BCUT2D eigenvalue weighted by atomic mass is 19.1. The van der Waals surface area contributed by atoms with Gasteiger partial charge in [0.1, 0.15) is 11.6 Å². The Morgan fingerprint density at radius 3 is 2.64 bits per heavy atom. The second kappa shape index (κ2) is 12.0. The molecule has 1 aliphatic carbocycles. The number of likely N-dealkylation sites (tertiary alicyclic amines) is 1. The predicted molar refractivity (Wildman–Crippen MR) is 135 cm³/mol. The van der Waals surface area contributed by atoms with Gasteiger partial charge in [0.25, 0.3) is 5.91 Å². The Balaban J connectivity index is 1.28. The Kier molecular flexibility index (Phi) is 8.30. The quantitative estimate of drug-likeness (QED) is 0.442. The maximum Gasteiger partial charge on any atom is 0.273 e. The van der Waals surface area contributed by atoms with Crippen LogP contribution in [0.25, 0.3) is 11.3 Å². The van der Waals surface area contributed by atoms with Crippen molar-refractivity contribution in [2.24, 2.45) is 5.92 Å². The molecule has 2 fully saturated rings. The van der Waals surface area contributed by atoms with E-state index in [1.807, 2.05) is 6.92 Å². The van der Waals surface area contributed by atoms with Gasteiger partial charge in [-0.3, -0.25) is 14.5 Å². The van der Waals surface area contributed by atoms with Gasteiger partial charge in [0, 0.05) is 43.7 Å². The first-order chi connectivity index (χ1) is 18.9. The van der Waals surface area contributed by atoms with Crippen LogP contribution in [0.4, 0.5) is 8.78 Å². The minimum Gasteiger partial charge on any atom is -0.355 e. The van der Waals surface area contributed by atoms with Crippen LogP contribution < -0.4 is 10.6 Å². The SMILES string of the molecule is CCc1noc(CNC(=O)[C@@H]2CN(C3CCCCC3)CC[C@H]2NC(=O)c2cc(-c3ccc(F)cc3F)on2)n1. The van der Waals surface area contributed by atoms with Crippen LogP contribution in [0.1, 0.15) is 67.7 Å². The number of carbonyl (C=O) groups is 2. The van der Waals surface area contributed by atoms with Crippen molar-refractivity contribution in [3.8, 4) is 11.3 Å². The van der Waals surface area contributed by atoms with E-state index in [-0.39, 0.29) is 29.5 Å². The summed E-state index contributed by atoms with van der Waals surface area (Å²) in [5.41, 5.74) is -0.0613. The Morgan fingerprint density at radius 2 is 1.90 bits per heavy atom. The number of benzene rings is 1. The van der Waals surface area contributed by atoms with Crippen LogP contribution in [0.5, 0.6) is 0 Å². The van der Waals surface area contributed by atoms with Gasteiger partial charge in [0.05, 0.1) is 18.0 Å². The number of piperidine rings is 1. The lowest BCUT2D eigenvalue weighted by molar-refractivity contribution is -0.128. The Morgan fingerprint density at radius 1 is 1.08 bits per heavy atom. The molecule has 0 unspecified atom stereocenters. The number of amides is 2. The van der Waals surface area contributed by atoms with Crippen LogP contribution in [0.3, 0.4) is 0 Å². The van der Waals surface area contributed by atoms with Gasteiger partial charge in [-0.1, -0.05) is 36.5 Å². The average molecular weight is 543 g/mol. The first-order valence-corrected chi connectivity index (χ1v) is 13.5. The summed E-state index contributed by atoms with van der Waals surface area (Å²) in [5, 5.41) is 13.5. The minimum atomic E-state index is -0.822. The molecule has 1 saturated carbocycles. The van der Waals surface area contributed by atoms with E-state index in [0.29, 0.717) is 37.1 Å². The van der Waals surface area contributed by atoms with Gasteiger partial charge >= 0.3 is 0 Å². The van der Waals surface area contributed by atoms with Gasteiger partial charge in [-0.2, -0.15) is 4.98 Å². The van der Waals surface area contributed by atoms with Crippen molar-refractivity contribution in [2.75, 3.05) is 13.1 Å². The van der Waals surface area contributed by atoms with E-state index in [4.69, 9.17) is 9.05 Å². The largest absolute Gasteiger partial charge is 0.355 e. The first kappa shape index (κ1) is 26.9. The van der Waals surface area contributed by atoms with Crippen molar-refractivity contribution < 1.29 is 27.4 Å². The third-order valence-electron chi connectivity index (χ3n) is 7.57. The number of hydrogen-bond acceptors (Lipinski definition) is 8. The second-order valence-corrected chi connectivity index (χ2v) is 10.1. The van der Waals surface area contributed by atoms with Gasteiger partial charge in [-0.05, 0) is 31.4 Å². The van der Waals surface area contributed by atoms with Crippen LogP contribution in [0.2, 0.25) is 0 Å². The second-order valence-electron chi connectivity index (χ2n) is 10.1. The van der Waals surface area contributed by atoms with Crippen LogP contribution >= 0.6 is 0 Å². The van der Waals surface area contributed by atoms with Gasteiger partial charge in [-0.15, -0.1) is 0 Å². The highest BCUT2D eigenvalue weighted by molar-refractivity contribution is 5.94. The fourth-order valence-electron chi connectivity index (χ4n) is 5.43. The van der Waals surface area contributed by atoms with Crippen LogP contribution in [0, 0.1) is 17.6 Å². The van der Waals surface area contributed by atoms with E-state index in [0.717, 1.165) is 31.5 Å². The fourth-order valence-corrected chi connectivity index (χ4v) is 5.43. The first-order valence-electron chi connectivity index (χ1n) is 13.5. The fraction of sp³-hybridized carbons (Fsp3) is 0.519. The molecule has 0 spiro atoms. The standard InChI is InChI=1S/C27H32F2N6O4/c1-2-24-32-25(39-34-24)14-30-26(36)19-15-35(17-6-4-3-5-7-17)11-10-21(19)31-27(37)22-13-23(38-33-22)18-9-8-16(28)12-20(18)29/h8-9,12-13,17,19,21H,2-7,10-11,14-15H2,1H3,(H,30,36)(H,31,37)/t19-,21-/m1/s1. The molecule has 2 amide bonds. The van der Waals surface area contributed by atoms with Gasteiger partial charge in [0.15, 0.2) is 17.3 Å². The number of rotatable bonds is 8. The molecule has 3 heterocycles. The number of aromatic nitrogens is 3. The zero-order valence-corrected chi connectivity index (χ0v) is 21.8. The van der Waals surface area contributed by atoms with Crippen molar-refractivity contribution in [3.63, 3.8) is 0 Å². The van der Waals surface area contributed by atoms with E-state index < -0.39 is 29.5 Å². The summed E-state index contributed by atoms with van der Waals surface area (Å²) in [7, 11) is 0. The molecule has 10 nitrogen and oxygen atoms in total. The molecule has 2 N–H and O–H groups in total. The molecule has 1 saturated heterocycles. The summed E-state index contributed by atoms with van der Waals surface area (Å²) in [6.45, 7) is 3.28. The maximum absolute atomic E-state index is 14.2. The lowest BCUT2D eigenvalue weighted by Gasteiger charge is -2.43. The summed E-state index contributed by atoms with van der Waals surface area (Å²) in [6, 6.07) is 4.34. The molecule has 0 bridgehead atoms. The number of nitrogens with zero attached hydrogens (tertiary/aromatic N) is 4. The van der Waals surface area contributed by atoms with Crippen LogP contribution in [0.15, 0.2) is 33.3 Å². The molecule has 1 aliphatic heterocycles. The highest BCUT2D eigenvalue weighted by Gasteiger charge is 2.38. The number of hydrogen-bond donors (Lipinski definition) is 2. The number of aryl methyl sites for hydroxylation is 1. The minimum absolute atomic E-state index is 0.00469. The maximum atomic E-state index is 14.2. The van der Waals surface area contributed by atoms with Crippen LogP contribution in [-0.4, -0.2) is 57.2 Å². The summed E-state index contributed by atoms with van der Waals surface area (Å²) in [5.74, 6) is -1.91. The van der Waals surface area contributed by atoms with Gasteiger partial charge in [-0.25, -0.2) is 8.78 Å². The topological polar surface area (TPSA) is 126 Å². The summed E-state index contributed by atoms with van der Waals surface area (Å²) < 4.78 is 37.8. The molecule has 2 atom stereocenters. The van der Waals surface area contributed by atoms with Crippen molar-refractivity contribution in [1.82, 2.24) is 30.8 Å². The monoisotopic (exact) mass is 542 g/mol. The lowest BCUT2D eigenvalue weighted by Crippen LogP contribution is -2.57. The molecule has 5 rings (SSSR count). The molecule has 39 heavy (non-hydrogen) atoms. The summed E-state index contributed by atoms with van der Waals surface area (Å²) in [4.78, 5) is 33.1. The molecule has 2 aromatic heterocycles. The molecule has 12 heteroatoms. The summed E-state index contributed by atoms with van der Waals surface area (Å²) >= 11 is 0. The summed E-state index contributed by atoms with van der Waals surface area (Å²) in [6.07, 6.45) is 7.01. The molecule has 1 aromatic carbocycles. The molecule has 2 aliphatic rings. The zero-order valence-electron chi connectivity index (χ0n) is 21.8. The van der Waals surface area contributed by atoms with E-state index in [9.17, 15) is 18.4 Å². The van der Waals surface area contributed by atoms with Crippen molar-refractivity contribution in [1.29, 1.82) is 0 Å². The smallest absolute Gasteiger partial charge is 0.273 e. The number of carbonyl (C=O) groups excluding carboxylic acids is 2. The number of halogens is 2. The predicted octanol–water partition coefficient (Wildman–Crippen LogP) is 3.63. The Bertz CT molecular complexity index is 1300. The highest BCUT2D eigenvalue weighted by Crippen LogP contribution is 2.28. The Hall–Kier alpha value is -3.67. The van der Waals surface area contributed by atoms with E-state index in [2.05, 4.69) is 30.8 Å². The normalized spacial score (nSPS) is 20.6. The number of nitrogens with one attached hydrogen (secondary N) is 2. The zero-order chi connectivity index (χ0) is 27.4. The van der Waals surface area contributed by atoms with Crippen molar-refractivity contribution >= 4 is 11.8 Å². The molecule has 208 valence electrons. The lowest BCUT2D eigenvalue weighted by atomic mass is 9.87. The van der Waals surface area contributed by atoms with E-state index in [1.54, 1.807) is 0 Å². The Labute approximate surface area is 224 Å². The average Bonchev–Trinajstić information content (AvgIpc) is 3.62. The van der Waals surface area contributed by atoms with Gasteiger partial charge < -0.3 is 19.7 Å². The molecule has 3 aromatic rings. The van der Waals surface area contributed by atoms with E-state index in [1.165, 1.54) is 31.4 Å². The molecule has 0 radical (unpaired) electrons.